The average molecular weight is 342 g/mol. The lowest BCUT2D eigenvalue weighted by Crippen LogP contribution is -2.16. The highest BCUT2D eigenvalue weighted by molar-refractivity contribution is 6.37. The van der Waals surface area contributed by atoms with Crippen LogP contribution in [0.2, 0.25) is 10.0 Å². The van der Waals surface area contributed by atoms with Crippen molar-refractivity contribution in [1.82, 2.24) is 0 Å². The van der Waals surface area contributed by atoms with E-state index in [1.54, 1.807) is 18.2 Å². The van der Waals surface area contributed by atoms with Crippen LogP contribution in [-0.2, 0) is 0 Å². The zero-order valence-corrected chi connectivity index (χ0v) is 12.7. The van der Waals surface area contributed by atoms with Gasteiger partial charge in [-0.1, -0.05) is 23.2 Å². The Morgan fingerprint density at radius 1 is 1.05 bits per heavy atom. The first-order valence-electron chi connectivity index (χ1n) is 6.40. The number of carbonyl (C=O) groups excluding carboxylic acids is 1. The number of rotatable bonds is 2. The van der Waals surface area contributed by atoms with E-state index in [0.717, 1.165) is 6.07 Å². The van der Waals surface area contributed by atoms with Gasteiger partial charge in [0.25, 0.3) is 5.91 Å². The third-order valence-electron chi connectivity index (χ3n) is 3.05. The number of halogens is 3. The second-order valence-corrected chi connectivity index (χ2v) is 5.37. The molecule has 0 atom stereocenters. The van der Waals surface area contributed by atoms with Gasteiger partial charge in [0.15, 0.2) is 11.5 Å². The van der Waals surface area contributed by atoms with Gasteiger partial charge in [0, 0.05) is 11.8 Å². The van der Waals surface area contributed by atoms with Crippen molar-refractivity contribution in [3.63, 3.8) is 0 Å². The van der Waals surface area contributed by atoms with Crippen LogP contribution < -0.4 is 14.8 Å². The van der Waals surface area contributed by atoms with Gasteiger partial charge in [-0.15, -0.1) is 0 Å². The lowest BCUT2D eigenvalue weighted by Gasteiger charge is -2.19. The fourth-order valence-electron chi connectivity index (χ4n) is 2.02. The Kier molecular flexibility index (Phi) is 4.09. The van der Waals surface area contributed by atoms with Crippen molar-refractivity contribution in [3.05, 3.63) is 51.8 Å². The molecule has 114 valence electrons. The number of anilines is 1. The van der Waals surface area contributed by atoms with Crippen LogP contribution in [0.3, 0.4) is 0 Å². The number of nitrogens with one attached hydrogen (secondary N) is 1. The van der Waals surface area contributed by atoms with Gasteiger partial charge in [0.2, 0.25) is 0 Å². The Hall–Kier alpha value is -1.98. The highest BCUT2D eigenvalue weighted by atomic mass is 35.5. The molecule has 1 heterocycles. The molecule has 0 radical (unpaired) electrons. The number of hydrogen-bond acceptors (Lipinski definition) is 3. The molecule has 0 unspecified atom stereocenters. The maximum Gasteiger partial charge on any atom is 0.257 e. The number of benzene rings is 2. The van der Waals surface area contributed by atoms with Crippen LogP contribution in [0.4, 0.5) is 10.1 Å². The predicted molar refractivity (Wildman–Crippen MR) is 81.8 cm³/mol. The Balaban J connectivity index is 1.84. The molecule has 1 aliphatic heterocycles. The summed E-state index contributed by atoms with van der Waals surface area (Å²) in [5.74, 6) is -0.104. The largest absolute Gasteiger partial charge is 0.486 e. The van der Waals surface area contributed by atoms with Crippen LogP contribution in [0, 0.1) is 5.82 Å². The molecule has 3 rings (SSSR count). The lowest BCUT2D eigenvalue weighted by atomic mass is 10.2. The van der Waals surface area contributed by atoms with Crippen LogP contribution in [-0.4, -0.2) is 19.1 Å². The van der Waals surface area contributed by atoms with Crippen molar-refractivity contribution in [2.75, 3.05) is 18.5 Å². The molecule has 0 bridgehead atoms. The van der Waals surface area contributed by atoms with Crippen LogP contribution in [0.15, 0.2) is 30.3 Å². The van der Waals surface area contributed by atoms with Crippen LogP contribution >= 0.6 is 23.2 Å². The van der Waals surface area contributed by atoms with Gasteiger partial charge in [-0.05, 0) is 24.3 Å². The van der Waals surface area contributed by atoms with E-state index >= 15 is 0 Å². The average Bonchev–Trinajstić information content (AvgIpc) is 2.50. The topological polar surface area (TPSA) is 47.6 Å². The summed E-state index contributed by atoms with van der Waals surface area (Å²) >= 11 is 11.5. The van der Waals surface area contributed by atoms with E-state index in [2.05, 4.69) is 5.32 Å². The lowest BCUT2D eigenvalue weighted by molar-refractivity contribution is 0.102. The molecule has 0 aromatic heterocycles. The third kappa shape index (κ3) is 2.96. The van der Waals surface area contributed by atoms with E-state index in [1.807, 2.05) is 0 Å². The molecular formula is C15H10Cl2FNO3. The summed E-state index contributed by atoms with van der Waals surface area (Å²) in [6, 6.07) is 7.17. The summed E-state index contributed by atoms with van der Waals surface area (Å²) in [5.41, 5.74) is 0.485. The molecular weight excluding hydrogens is 332 g/mol. The van der Waals surface area contributed by atoms with Crippen molar-refractivity contribution >= 4 is 34.8 Å². The van der Waals surface area contributed by atoms with Gasteiger partial charge in [0.05, 0.1) is 15.6 Å². The Morgan fingerprint density at radius 2 is 1.77 bits per heavy atom. The summed E-state index contributed by atoms with van der Waals surface area (Å²) in [7, 11) is 0. The van der Waals surface area contributed by atoms with E-state index in [-0.39, 0.29) is 15.6 Å². The maximum absolute atomic E-state index is 13.5. The van der Waals surface area contributed by atoms with Gasteiger partial charge in [-0.25, -0.2) is 4.39 Å². The fraction of sp³-hybridized carbons (Fsp3) is 0.133. The first kappa shape index (κ1) is 14.9. The summed E-state index contributed by atoms with van der Waals surface area (Å²) in [6.45, 7) is 0.928. The molecule has 0 aliphatic carbocycles. The third-order valence-corrected chi connectivity index (χ3v) is 3.66. The smallest absolute Gasteiger partial charge is 0.257 e. The van der Waals surface area contributed by atoms with E-state index in [0.29, 0.717) is 30.4 Å². The molecule has 0 saturated carbocycles. The first-order chi connectivity index (χ1) is 10.5. The molecule has 22 heavy (non-hydrogen) atoms. The van der Waals surface area contributed by atoms with Crippen molar-refractivity contribution in [3.8, 4) is 11.5 Å². The second-order valence-electron chi connectivity index (χ2n) is 4.56. The van der Waals surface area contributed by atoms with Crippen molar-refractivity contribution in [2.45, 2.75) is 0 Å². The van der Waals surface area contributed by atoms with Crippen molar-refractivity contribution in [1.29, 1.82) is 0 Å². The number of amides is 1. The number of hydrogen-bond donors (Lipinski definition) is 1. The van der Waals surface area contributed by atoms with Crippen LogP contribution in [0.25, 0.3) is 0 Å². The zero-order valence-electron chi connectivity index (χ0n) is 11.2. The minimum Gasteiger partial charge on any atom is -0.486 e. The minimum atomic E-state index is -0.710. The zero-order chi connectivity index (χ0) is 15.7. The summed E-state index contributed by atoms with van der Waals surface area (Å²) < 4.78 is 24.3. The number of ether oxygens (including phenoxy) is 2. The summed E-state index contributed by atoms with van der Waals surface area (Å²) in [5, 5.41) is 2.56. The molecule has 7 heteroatoms. The van der Waals surface area contributed by atoms with Crippen molar-refractivity contribution < 1.29 is 18.7 Å². The van der Waals surface area contributed by atoms with Gasteiger partial charge < -0.3 is 14.8 Å². The molecule has 0 spiro atoms. The first-order valence-corrected chi connectivity index (χ1v) is 7.16. The van der Waals surface area contributed by atoms with E-state index < -0.39 is 11.7 Å². The molecule has 4 nitrogen and oxygen atoms in total. The van der Waals surface area contributed by atoms with Crippen LogP contribution in [0.5, 0.6) is 11.5 Å². The fourth-order valence-corrected chi connectivity index (χ4v) is 2.49. The van der Waals surface area contributed by atoms with E-state index in [9.17, 15) is 9.18 Å². The normalized spacial score (nSPS) is 12.9. The number of carbonyl (C=O) groups is 1. The second kappa shape index (κ2) is 6.02. The van der Waals surface area contributed by atoms with Gasteiger partial charge in [0.1, 0.15) is 19.0 Å². The Labute approximate surface area is 135 Å². The molecule has 1 aliphatic rings. The standard InChI is InChI=1S/C15H10Cl2FNO3/c16-10-7-11(17)12(18)6-9(10)15(20)19-8-1-2-13-14(5-8)22-4-3-21-13/h1-2,5-7H,3-4H2,(H,19,20). The van der Waals surface area contributed by atoms with Gasteiger partial charge in [-0.3, -0.25) is 4.79 Å². The molecule has 2 aromatic rings. The molecule has 0 saturated heterocycles. The number of fused-ring (bicyclic) bond motifs is 1. The minimum absolute atomic E-state index is 0.00143. The Morgan fingerprint density at radius 3 is 2.55 bits per heavy atom. The summed E-state index contributed by atoms with van der Waals surface area (Å²) in [6.07, 6.45) is 0. The SMILES string of the molecule is O=C(Nc1ccc2c(c1)OCCO2)c1cc(F)c(Cl)cc1Cl. The maximum atomic E-state index is 13.5. The van der Waals surface area contributed by atoms with E-state index in [4.69, 9.17) is 32.7 Å². The van der Waals surface area contributed by atoms with Crippen molar-refractivity contribution in [2.24, 2.45) is 0 Å². The highest BCUT2D eigenvalue weighted by Crippen LogP contribution is 2.33. The highest BCUT2D eigenvalue weighted by Gasteiger charge is 2.16. The Bertz CT molecular complexity index is 752. The molecule has 1 N–H and O–H groups in total. The van der Waals surface area contributed by atoms with Gasteiger partial charge >= 0.3 is 0 Å². The van der Waals surface area contributed by atoms with Crippen LogP contribution in [0.1, 0.15) is 10.4 Å². The molecule has 1 amide bonds. The molecule has 0 fully saturated rings. The predicted octanol–water partition coefficient (Wildman–Crippen LogP) is 4.16. The summed E-state index contributed by atoms with van der Waals surface area (Å²) in [4.78, 5) is 12.2. The molecule has 2 aromatic carbocycles. The quantitative estimate of drug-likeness (QED) is 0.834. The monoisotopic (exact) mass is 341 g/mol. The van der Waals surface area contributed by atoms with Gasteiger partial charge in [-0.2, -0.15) is 0 Å². The van der Waals surface area contributed by atoms with E-state index in [1.165, 1.54) is 6.07 Å².